The first-order valence-electron chi connectivity index (χ1n) is 10.0. The molecule has 5 rings (SSSR count). The predicted molar refractivity (Wildman–Crippen MR) is 117 cm³/mol. The molecule has 0 amide bonds. The van der Waals surface area contributed by atoms with E-state index in [4.69, 9.17) is 4.74 Å². The fourth-order valence-corrected chi connectivity index (χ4v) is 4.06. The van der Waals surface area contributed by atoms with Crippen LogP contribution in [0.4, 0.5) is 5.95 Å². The van der Waals surface area contributed by atoms with E-state index in [2.05, 4.69) is 15.4 Å². The normalized spacial score (nSPS) is 15.5. The average Bonchev–Trinajstić information content (AvgIpc) is 3.27. The molecule has 0 spiro atoms. The van der Waals surface area contributed by atoms with Crippen LogP contribution < -0.4 is 5.32 Å². The standard InChI is InChI=1S/C24H20N4O3/c1-2-31-23(30)20-21(16-9-4-3-5-10-16)27-24-25-14-26-28(24)22(20)19-17-11-7-6-8-15(17)12-13-18(19)29/h3-14,22,29H,2H2,1H3,(H,25,26,27). The van der Waals surface area contributed by atoms with E-state index in [0.29, 0.717) is 22.8 Å². The summed E-state index contributed by atoms with van der Waals surface area (Å²) >= 11 is 0. The Kier molecular flexibility index (Phi) is 4.63. The first-order chi connectivity index (χ1) is 15.2. The van der Waals surface area contributed by atoms with E-state index in [0.717, 1.165) is 16.3 Å². The third-order valence-electron chi connectivity index (χ3n) is 5.38. The lowest BCUT2D eigenvalue weighted by Crippen LogP contribution is -2.30. The molecule has 4 aromatic rings. The third kappa shape index (κ3) is 3.11. The number of aromatic hydroxyl groups is 1. The molecule has 1 atom stereocenters. The molecule has 7 heteroatoms. The first kappa shape index (κ1) is 18.9. The zero-order valence-electron chi connectivity index (χ0n) is 16.8. The number of phenols is 1. The Morgan fingerprint density at radius 1 is 1.10 bits per heavy atom. The van der Waals surface area contributed by atoms with E-state index in [1.54, 1.807) is 17.7 Å². The smallest absolute Gasteiger partial charge is 0.338 e. The molecule has 1 aliphatic heterocycles. The second-order valence-electron chi connectivity index (χ2n) is 7.15. The fourth-order valence-electron chi connectivity index (χ4n) is 4.06. The lowest BCUT2D eigenvalue weighted by molar-refractivity contribution is -0.138. The second kappa shape index (κ2) is 7.60. The van der Waals surface area contributed by atoms with Crippen molar-refractivity contribution in [2.24, 2.45) is 0 Å². The van der Waals surface area contributed by atoms with Gasteiger partial charge in [-0.2, -0.15) is 10.1 Å². The van der Waals surface area contributed by atoms with Gasteiger partial charge in [-0.25, -0.2) is 9.48 Å². The number of rotatable bonds is 4. The van der Waals surface area contributed by atoms with Crippen molar-refractivity contribution in [2.75, 3.05) is 11.9 Å². The number of ether oxygens (including phenoxy) is 1. The van der Waals surface area contributed by atoms with Crippen molar-refractivity contribution in [1.82, 2.24) is 14.8 Å². The lowest BCUT2D eigenvalue weighted by Gasteiger charge is -2.30. The van der Waals surface area contributed by atoms with Crippen LogP contribution in [0.2, 0.25) is 0 Å². The molecule has 1 aromatic heterocycles. The van der Waals surface area contributed by atoms with Crippen LogP contribution in [0.1, 0.15) is 24.1 Å². The van der Waals surface area contributed by atoms with Gasteiger partial charge in [0.25, 0.3) is 0 Å². The number of nitrogens with zero attached hydrogens (tertiary/aromatic N) is 3. The monoisotopic (exact) mass is 412 g/mol. The molecule has 0 bridgehead atoms. The molecular formula is C24H20N4O3. The summed E-state index contributed by atoms with van der Waals surface area (Å²) in [6.07, 6.45) is 1.42. The third-order valence-corrected chi connectivity index (χ3v) is 5.38. The summed E-state index contributed by atoms with van der Waals surface area (Å²) in [5.74, 6) is 0.0674. The van der Waals surface area contributed by atoms with Crippen LogP contribution in [0.25, 0.3) is 16.5 Å². The molecule has 31 heavy (non-hydrogen) atoms. The highest BCUT2D eigenvalue weighted by molar-refractivity contribution is 6.03. The molecule has 0 fully saturated rings. The molecule has 1 aliphatic rings. The molecule has 2 heterocycles. The Bertz CT molecular complexity index is 1310. The highest BCUT2D eigenvalue weighted by atomic mass is 16.5. The lowest BCUT2D eigenvalue weighted by atomic mass is 9.89. The molecule has 3 aromatic carbocycles. The van der Waals surface area contributed by atoms with Crippen molar-refractivity contribution in [3.8, 4) is 5.75 Å². The van der Waals surface area contributed by atoms with E-state index >= 15 is 0 Å². The SMILES string of the molecule is CCOC(=O)C1=C(c2ccccc2)Nc2ncnn2C1c1c(O)ccc2ccccc12. The summed E-state index contributed by atoms with van der Waals surface area (Å²) in [5, 5.41) is 20.3. The zero-order valence-corrected chi connectivity index (χ0v) is 16.8. The molecule has 0 saturated carbocycles. The van der Waals surface area contributed by atoms with Gasteiger partial charge in [0.05, 0.1) is 17.9 Å². The highest BCUT2D eigenvalue weighted by Crippen LogP contribution is 2.44. The minimum Gasteiger partial charge on any atom is -0.508 e. The number of anilines is 1. The van der Waals surface area contributed by atoms with Crippen LogP contribution in [0, 0.1) is 0 Å². The summed E-state index contributed by atoms with van der Waals surface area (Å²) < 4.78 is 7.06. The molecular weight excluding hydrogens is 392 g/mol. The number of carbonyl (C=O) groups is 1. The number of carbonyl (C=O) groups excluding carboxylic acids is 1. The summed E-state index contributed by atoms with van der Waals surface area (Å²) in [5.41, 5.74) is 2.32. The molecule has 154 valence electrons. The summed E-state index contributed by atoms with van der Waals surface area (Å²) in [7, 11) is 0. The molecule has 0 radical (unpaired) electrons. The Morgan fingerprint density at radius 3 is 2.68 bits per heavy atom. The van der Waals surface area contributed by atoms with Crippen LogP contribution in [-0.4, -0.2) is 32.4 Å². The van der Waals surface area contributed by atoms with Gasteiger partial charge in [-0.15, -0.1) is 0 Å². The molecule has 7 nitrogen and oxygen atoms in total. The molecule has 0 saturated heterocycles. The summed E-state index contributed by atoms with van der Waals surface area (Å²) in [6, 6.07) is 20.0. The highest BCUT2D eigenvalue weighted by Gasteiger charge is 2.38. The van der Waals surface area contributed by atoms with Gasteiger partial charge in [0, 0.05) is 5.56 Å². The number of benzene rings is 3. The number of hydrogen-bond donors (Lipinski definition) is 2. The Hall–Kier alpha value is -4.13. The minimum atomic E-state index is -0.723. The van der Waals surface area contributed by atoms with Gasteiger partial charge in [0.1, 0.15) is 18.1 Å². The van der Waals surface area contributed by atoms with Crippen LogP contribution in [0.5, 0.6) is 5.75 Å². The number of esters is 1. The first-order valence-corrected chi connectivity index (χ1v) is 10.0. The van der Waals surface area contributed by atoms with Crippen molar-refractivity contribution >= 4 is 28.4 Å². The maximum Gasteiger partial charge on any atom is 0.338 e. The topological polar surface area (TPSA) is 89.3 Å². The van der Waals surface area contributed by atoms with Gasteiger partial charge >= 0.3 is 5.97 Å². The van der Waals surface area contributed by atoms with Crippen molar-refractivity contribution in [3.05, 3.63) is 89.8 Å². The average molecular weight is 412 g/mol. The Morgan fingerprint density at radius 2 is 1.87 bits per heavy atom. The molecule has 2 N–H and O–H groups in total. The van der Waals surface area contributed by atoms with Crippen LogP contribution >= 0.6 is 0 Å². The number of hydrogen-bond acceptors (Lipinski definition) is 6. The number of phenolic OH excluding ortho intramolecular Hbond substituents is 1. The summed E-state index contributed by atoms with van der Waals surface area (Å²) in [6.45, 7) is 1.99. The van der Waals surface area contributed by atoms with E-state index in [1.165, 1.54) is 6.33 Å². The second-order valence-corrected chi connectivity index (χ2v) is 7.15. The quantitative estimate of drug-likeness (QED) is 0.490. The van der Waals surface area contributed by atoms with E-state index < -0.39 is 12.0 Å². The predicted octanol–water partition coefficient (Wildman–Crippen LogP) is 4.13. The largest absolute Gasteiger partial charge is 0.508 e. The Labute approximate surface area is 178 Å². The van der Waals surface area contributed by atoms with Gasteiger partial charge in [0.15, 0.2) is 0 Å². The van der Waals surface area contributed by atoms with Crippen molar-refractivity contribution < 1.29 is 14.6 Å². The number of aromatic nitrogens is 3. The van der Waals surface area contributed by atoms with Crippen molar-refractivity contribution in [2.45, 2.75) is 13.0 Å². The van der Waals surface area contributed by atoms with Crippen LogP contribution in [0.3, 0.4) is 0 Å². The van der Waals surface area contributed by atoms with Gasteiger partial charge in [0.2, 0.25) is 5.95 Å². The Balaban J connectivity index is 1.85. The van der Waals surface area contributed by atoms with Gasteiger partial charge in [-0.1, -0.05) is 60.7 Å². The van der Waals surface area contributed by atoms with E-state index in [1.807, 2.05) is 60.7 Å². The van der Waals surface area contributed by atoms with Crippen LogP contribution in [0.15, 0.2) is 78.6 Å². The van der Waals surface area contributed by atoms with E-state index in [-0.39, 0.29) is 12.4 Å². The minimum absolute atomic E-state index is 0.0706. The molecule has 1 unspecified atom stereocenters. The summed E-state index contributed by atoms with van der Waals surface area (Å²) in [4.78, 5) is 17.6. The number of nitrogens with one attached hydrogen (secondary N) is 1. The van der Waals surface area contributed by atoms with Crippen molar-refractivity contribution in [1.29, 1.82) is 0 Å². The van der Waals surface area contributed by atoms with Crippen LogP contribution in [-0.2, 0) is 9.53 Å². The zero-order chi connectivity index (χ0) is 21.4. The van der Waals surface area contributed by atoms with Gasteiger partial charge in [-0.05, 0) is 29.3 Å². The van der Waals surface area contributed by atoms with Gasteiger partial charge in [-0.3, -0.25) is 0 Å². The number of fused-ring (bicyclic) bond motifs is 2. The van der Waals surface area contributed by atoms with Gasteiger partial charge < -0.3 is 15.2 Å². The molecule has 0 aliphatic carbocycles. The van der Waals surface area contributed by atoms with Crippen molar-refractivity contribution in [3.63, 3.8) is 0 Å². The maximum absolute atomic E-state index is 13.3. The fraction of sp³-hybridized carbons (Fsp3) is 0.125. The maximum atomic E-state index is 13.3. The van der Waals surface area contributed by atoms with E-state index in [9.17, 15) is 9.90 Å².